The van der Waals surface area contributed by atoms with Crippen LogP contribution >= 0.6 is 0 Å². The highest BCUT2D eigenvalue weighted by molar-refractivity contribution is 5.66. The lowest BCUT2D eigenvalue weighted by atomic mass is 10.1. The van der Waals surface area contributed by atoms with Gasteiger partial charge in [-0.25, -0.2) is 0 Å². The van der Waals surface area contributed by atoms with Gasteiger partial charge in [0.2, 0.25) is 0 Å². The third kappa shape index (κ3) is 4.66. The normalized spacial score (nSPS) is 11.2. The number of aromatic nitrogens is 2. The van der Waals surface area contributed by atoms with Gasteiger partial charge < -0.3 is 10.0 Å². The predicted octanol–water partition coefficient (Wildman–Crippen LogP) is 2.76. The van der Waals surface area contributed by atoms with Gasteiger partial charge in [-0.15, -0.1) is 0 Å². The molecule has 1 N–H and O–H groups in total. The van der Waals surface area contributed by atoms with E-state index in [1.807, 2.05) is 23.6 Å². The van der Waals surface area contributed by atoms with Crippen LogP contribution in [0.2, 0.25) is 0 Å². The molecule has 0 bridgehead atoms. The number of benzene rings is 1. The van der Waals surface area contributed by atoms with Crippen LogP contribution in [0.1, 0.15) is 34.5 Å². The molecule has 0 aliphatic carbocycles. The molecule has 0 saturated heterocycles. The molecule has 0 saturated carbocycles. The Morgan fingerprint density at radius 1 is 1.22 bits per heavy atom. The molecule has 1 heterocycles. The fourth-order valence-electron chi connectivity index (χ4n) is 2.62. The Bertz CT molecular complexity index is 674. The van der Waals surface area contributed by atoms with Crippen LogP contribution in [0.15, 0.2) is 24.3 Å². The first kappa shape index (κ1) is 17.2. The van der Waals surface area contributed by atoms with E-state index in [2.05, 4.69) is 43.2 Å². The predicted molar refractivity (Wildman–Crippen MR) is 90.6 cm³/mol. The summed E-state index contributed by atoms with van der Waals surface area (Å²) in [6, 6.07) is 8.48. The van der Waals surface area contributed by atoms with E-state index in [0.717, 1.165) is 24.5 Å². The largest absolute Gasteiger partial charge is 0.481 e. The second-order valence-corrected chi connectivity index (χ2v) is 6.17. The summed E-state index contributed by atoms with van der Waals surface area (Å²) in [6.45, 7) is 8.19. The molecule has 1 aromatic heterocycles. The number of aliphatic carboxylic acids is 1. The van der Waals surface area contributed by atoms with E-state index in [1.165, 1.54) is 16.7 Å². The highest BCUT2D eigenvalue weighted by atomic mass is 16.4. The molecule has 0 aliphatic heterocycles. The molecule has 5 nitrogen and oxygen atoms in total. The van der Waals surface area contributed by atoms with Gasteiger partial charge in [0.05, 0.1) is 18.7 Å². The van der Waals surface area contributed by atoms with Crippen LogP contribution in [0.4, 0.5) is 0 Å². The second kappa shape index (κ2) is 7.42. The average molecular weight is 315 g/mol. The number of aryl methyl sites for hydroxylation is 2. The molecule has 0 fully saturated rings. The minimum absolute atomic E-state index is 0.159. The first-order valence-corrected chi connectivity index (χ1v) is 7.85. The van der Waals surface area contributed by atoms with Crippen molar-refractivity contribution < 1.29 is 9.90 Å². The van der Waals surface area contributed by atoms with Crippen molar-refractivity contribution in [1.82, 2.24) is 14.7 Å². The van der Waals surface area contributed by atoms with Crippen molar-refractivity contribution in [2.45, 2.75) is 40.3 Å². The number of hydrogen-bond acceptors (Lipinski definition) is 3. The van der Waals surface area contributed by atoms with Crippen LogP contribution in [0.3, 0.4) is 0 Å². The van der Waals surface area contributed by atoms with Crippen LogP contribution in [-0.2, 0) is 17.9 Å². The van der Waals surface area contributed by atoms with Gasteiger partial charge >= 0.3 is 5.97 Å². The molecule has 1 aromatic carbocycles. The topological polar surface area (TPSA) is 58.4 Å². The minimum Gasteiger partial charge on any atom is -0.481 e. The summed E-state index contributed by atoms with van der Waals surface area (Å²) in [5.41, 5.74) is 5.82. The van der Waals surface area contributed by atoms with Crippen molar-refractivity contribution in [2.24, 2.45) is 0 Å². The first-order valence-electron chi connectivity index (χ1n) is 7.85. The SMILES string of the molecule is Cc1ccc(Cn2nc(C)c(CN(C)CCC(=O)O)c2C)cc1. The molecule has 0 aliphatic rings. The maximum atomic E-state index is 10.7. The quantitative estimate of drug-likeness (QED) is 0.853. The van der Waals surface area contributed by atoms with Crippen molar-refractivity contribution in [3.8, 4) is 0 Å². The fourth-order valence-corrected chi connectivity index (χ4v) is 2.62. The lowest BCUT2D eigenvalue weighted by molar-refractivity contribution is -0.137. The molecule has 2 aromatic rings. The maximum absolute atomic E-state index is 10.7. The Kier molecular flexibility index (Phi) is 5.55. The Morgan fingerprint density at radius 3 is 2.48 bits per heavy atom. The molecule has 0 radical (unpaired) electrons. The van der Waals surface area contributed by atoms with Crippen molar-refractivity contribution in [2.75, 3.05) is 13.6 Å². The van der Waals surface area contributed by atoms with E-state index in [4.69, 9.17) is 5.11 Å². The molecule has 2 rings (SSSR count). The maximum Gasteiger partial charge on any atom is 0.304 e. The standard InChI is InChI=1S/C18H25N3O2/c1-13-5-7-16(8-6-13)11-21-15(3)17(14(2)19-21)12-20(4)10-9-18(22)23/h5-8H,9-12H2,1-4H3,(H,22,23). The Labute approximate surface area is 137 Å². The molecule has 124 valence electrons. The summed E-state index contributed by atoms with van der Waals surface area (Å²) in [6.07, 6.45) is 0.159. The van der Waals surface area contributed by atoms with Crippen LogP contribution in [0.25, 0.3) is 0 Å². The molecule has 0 amide bonds. The number of rotatable bonds is 7. The number of nitrogens with zero attached hydrogens (tertiary/aromatic N) is 3. The van der Waals surface area contributed by atoms with Gasteiger partial charge in [-0.3, -0.25) is 9.48 Å². The third-order valence-corrected chi connectivity index (χ3v) is 4.12. The average Bonchev–Trinajstić information content (AvgIpc) is 2.75. The lowest BCUT2D eigenvalue weighted by Crippen LogP contribution is -2.22. The van der Waals surface area contributed by atoms with Gasteiger partial charge in [0.1, 0.15) is 0 Å². The van der Waals surface area contributed by atoms with Crippen molar-refractivity contribution in [1.29, 1.82) is 0 Å². The van der Waals surface area contributed by atoms with Gasteiger partial charge in [-0.1, -0.05) is 29.8 Å². The summed E-state index contributed by atoms with van der Waals surface area (Å²) >= 11 is 0. The van der Waals surface area contributed by atoms with Gasteiger partial charge in [0, 0.05) is 24.3 Å². The molecule has 0 unspecified atom stereocenters. The lowest BCUT2D eigenvalue weighted by Gasteiger charge is -2.15. The Morgan fingerprint density at radius 2 is 1.87 bits per heavy atom. The van der Waals surface area contributed by atoms with Crippen LogP contribution in [-0.4, -0.2) is 39.3 Å². The third-order valence-electron chi connectivity index (χ3n) is 4.12. The van der Waals surface area contributed by atoms with Crippen LogP contribution in [0, 0.1) is 20.8 Å². The van der Waals surface area contributed by atoms with E-state index < -0.39 is 5.97 Å². The Balaban J connectivity index is 2.09. The van der Waals surface area contributed by atoms with Crippen molar-refractivity contribution in [3.05, 3.63) is 52.3 Å². The number of hydrogen-bond donors (Lipinski definition) is 1. The summed E-state index contributed by atoms with van der Waals surface area (Å²) in [7, 11) is 1.94. The van der Waals surface area contributed by atoms with Gasteiger partial charge in [0.25, 0.3) is 0 Å². The molecule has 0 atom stereocenters. The molecule has 0 spiro atoms. The molecule has 5 heteroatoms. The van der Waals surface area contributed by atoms with E-state index in [0.29, 0.717) is 6.54 Å². The highest BCUT2D eigenvalue weighted by Gasteiger charge is 2.14. The highest BCUT2D eigenvalue weighted by Crippen LogP contribution is 2.17. The van der Waals surface area contributed by atoms with Gasteiger partial charge in [-0.2, -0.15) is 5.10 Å². The molecular formula is C18H25N3O2. The second-order valence-electron chi connectivity index (χ2n) is 6.17. The Hall–Kier alpha value is -2.14. The number of carboxylic acid groups (broad SMARTS) is 1. The summed E-state index contributed by atoms with van der Waals surface area (Å²) < 4.78 is 2.03. The van der Waals surface area contributed by atoms with Crippen LogP contribution in [0.5, 0.6) is 0 Å². The summed E-state index contributed by atoms with van der Waals surface area (Å²) in [5.74, 6) is -0.764. The number of carbonyl (C=O) groups is 1. The van der Waals surface area contributed by atoms with Crippen molar-refractivity contribution in [3.63, 3.8) is 0 Å². The monoisotopic (exact) mass is 315 g/mol. The van der Waals surface area contributed by atoms with Gasteiger partial charge in [-0.05, 0) is 33.4 Å². The zero-order chi connectivity index (χ0) is 17.0. The summed E-state index contributed by atoms with van der Waals surface area (Å²) in [4.78, 5) is 12.7. The molecule has 23 heavy (non-hydrogen) atoms. The van der Waals surface area contributed by atoms with E-state index in [9.17, 15) is 4.79 Å². The van der Waals surface area contributed by atoms with E-state index in [1.54, 1.807) is 0 Å². The molecular weight excluding hydrogens is 290 g/mol. The van der Waals surface area contributed by atoms with E-state index in [-0.39, 0.29) is 6.42 Å². The van der Waals surface area contributed by atoms with Gasteiger partial charge in [0.15, 0.2) is 0 Å². The van der Waals surface area contributed by atoms with Crippen LogP contribution < -0.4 is 0 Å². The zero-order valence-electron chi connectivity index (χ0n) is 14.3. The number of carboxylic acids is 1. The van der Waals surface area contributed by atoms with E-state index >= 15 is 0 Å². The smallest absolute Gasteiger partial charge is 0.304 e. The summed E-state index contributed by atoms with van der Waals surface area (Å²) in [5, 5.41) is 13.4. The minimum atomic E-state index is -0.764. The fraction of sp³-hybridized carbons (Fsp3) is 0.444. The zero-order valence-corrected chi connectivity index (χ0v) is 14.3. The first-order chi connectivity index (χ1) is 10.9. The van der Waals surface area contributed by atoms with Crippen molar-refractivity contribution >= 4 is 5.97 Å².